The highest BCUT2D eigenvalue weighted by Crippen LogP contribution is 2.29. The molecule has 0 saturated carbocycles. The summed E-state index contributed by atoms with van der Waals surface area (Å²) in [5, 5.41) is 4.38. The summed E-state index contributed by atoms with van der Waals surface area (Å²) in [5.74, 6) is 2.17. The predicted octanol–water partition coefficient (Wildman–Crippen LogP) is 2.59. The van der Waals surface area contributed by atoms with Crippen molar-refractivity contribution in [3.05, 3.63) is 0 Å². The Hall–Kier alpha value is 0.270. The molecule has 2 heterocycles. The molecule has 17 heavy (non-hydrogen) atoms. The van der Waals surface area contributed by atoms with Crippen molar-refractivity contribution in [1.82, 2.24) is 10.2 Å². The van der Waals surface area contributed by atoms with E-state index in [0.29, 0.717) is 0 Å². The van der Waals surface area contributed by atoms with Gasteiger partial charge in [-0.2, -0.15) is 11.8 Å². The van der Waals surface area contributed by atoms with E-state index in [9.17, 15) is 0 Å². The molecule has 2 aliphatic heterocycles. The fraction of sp³-hybridized carbons (Fsp3) is 1.00. The van der Waals surface area contributed by atoms with E-state index in [1.54, 1.807) is 0 Å². The highest BCUT2D eigenvalue weighted by molar-refractivity contribution is 7.99. The van der Waals surface area contributed by atoms with Crippen molar-refractivity contribution >= 4 is 11.8 Å². The first kappa shape index (κ1) is 13.7. The molecule has 100 valence electrons. The van der Waals surface area contributed by atoms with Crippen LogP contribution >= 0.6 is 11.8 Å². The molecule has 0 aromatic rings. The van der Waals surface area contributed by atoms with Gasteiger partial charge < -0.3 is 5.32 Å². The Kier molecular flexibility index (Phi) is 5.19. The number of nitrogens with one attached hydrogen (secondary N) is 1. The molecule has 0 aliphatic carbocycles. The zero-order valence-corrected chi connectivity index (χ0v) is 12.4. The van der Waals surface area contributed by atoms with Gasteiger partial charge in [-0.1, -0.05) is 13.3 Å². The maximum absolute atomic E-state index is 3.48. The predicted molar refractivity (Wildman–Crippen MR) is 77.8 cm³/mol. The Morgan fingerprint density at radius 3 is 2.71 bits per heavy atom. The molecule has 0 radical (unpaired) electrons. The maximum Gasteiger partial charge on any atom is 0.0175 e. The fourth-order valence-corrected chi connectivity index (χ4v) is 4.65. The maximum atomic E-state index is 3.48. The highest BCUT2D eigenvalue weighted by Gasteiger charge is 2.32. The van der Waals surface area contributed by atoms with Gasteiger partial charge >= 0.3 is 0 Å². The highest BCUT2D eigenvalue weighted by atomic mass is 32.2. The van der Waals surface area contributed by atoms with Crippen molar-refractivity contribution in [3.63, 3.8) is 0 Å². The minimum absolute atomic E-state index is 0.722. The van der Waals surface area contributed by atoms with Crippen LogP contribution in [0.4, 0.5) is 0 Å². The molecular formula is C14H28N2S. The third kappa shape index (κ3) is 3.39. The van der Waals surface area contributed by atoms with Gasteiger partial charge in [-0.25, -0.2) is 0 Å². The average molecular weight is 256 g/mol. The summed E-state index contributed by atoms with van der Waals surface area (Å²) in [7, 11) is 2.11. The van der Waals surface area contributed by atoms with E-state index in [1.807, 2.05) is 0 Å². The van der Waals surface area contributed by atoms with Gasteiger partial charge in [-0.3, -0.25) is 4.90 Å². The van der Waals surface area contributed by atoms with Gasteiger partial charge in [0.1, 0.15) is 0 Å². The number of nitrogens with zero attached hydrogens (tertiary/aromatic N) is 1. The van der Waals surface area contributed by atoms with Crippen LogP contribution in [0.2, 0.25) is 0 Å². The molecule has 0 aromatic carbocycles. The monoisotopic (exact) mass is 256 g/mol. The Bertz CT molecular complexity index is 228. The first-order chi connectivity index (χ1) is 8.22. The summed E-state index contributed by atoms with van der Waals surface area (Å²) in [6.07, 6.45) is 5.65. The molecule has 2 aliphatic rings. The van der Waals surface area contributed by atoms with Crippen LogP contribution in [0.5, 0.6) is 0 Å². The zero-order valence-electron chi connectivity index (χ0n) is 11.6. The lowest BCUT2D eigenvalue weighted by Crippen LogP contribution is -2.54. The Balaban J connectivity index is 1.84. The summed E-state index contributed by atoms with van der Waals surface area (Å²) in [4.78, 5) is 2.74. The summed E-state index contributed by atoms with van der Waals surface area (Å²) in [6, 6.07) is 1.46. The van der Waals surface area contributed by atoms with Gasteiger partial charge in [0.2, 0.25) is 0 Å². The van der Waals surface area contributed by atoms with Crippen LogP contribution in [-0.2, 0) is 0 Å². The number of piperidine rings is 1. The SMILES string of the molecule is CNC1CCN(CC2CCCCS2)C(C)C1C. The Morgan fingerprint density at radius 1 is 1.24 bits per heavy atom. The van der Waals surface area contributed by atoms with Crippen LogP contribution in [0.15, 0.2) is 0 Å². The number of hydrogen-bond acceptors (Lipinski definition) is 3. The quantitative estimate of drug-likeness (QED) is 0.835. The summed E-state index contributed by atoms with van der Waals surface area (Å²) >= 11 is 2.21. The summed E-state index contributed by atoms with van der Waals surface area (Å²) in [5.41, 5.74) is 0. The van der Waals surface area contributed by atoms with Gasteiger partial charge in [-0.05, 0) is 51.4 Å². The fourth-order valence-electron chi connectivity index (χ4n) is 3.32. The third-order valence-electron chi connectivity index (χ3n) is 4.78. The molecule has 0 aromatic heterocycles. The van der Waals surface area contributed by atoms with Gasteiger partial charge in [0.05, 0.1) is 0 Å². The molecule has 4 atom stereocenters. The lowest BCUT2D eigenvalue weighted by molar-refractivity contribution is 0.0872. The molecule has 0 bridgehead atoms. The third-order valence-corrected chi connectivity index (χ3v) is 6.16. The van der Waals surface area contributed by atoms with E-state index in [2.05, 4.69) is 42.9 Å². The van der Waals surface area contributed by atoms with Gasteiger partial charge in [0, 0.05) is 23.9 Å². The average Bonchev–Trinajstić information content (AvgIpc) is 2.37. The van der Waals surface area contributed by atoms with E-state index < -0.39 is 0 Å². The number of thioether (sulfide) groups is 1. The van der Waals surface area contributed by atoms with E-state index in [-0.39, 0.29) is 0 Å². The second-order valence-electron chi connectivity index (χ2n) is 5.77. The van der Waals surface area contributed by atoms with Gasteiger partial charge in [0.25, 0.3) is 0 Å². The van der Waals surface area contributed by atoms with Crippen LogP contribution in [0, 0.1) is 5.92 Å². The molecule has 1 N–H and O–H groups in total. The molecule has 2 fully saturated rings. The first-order valence-electron chi connectivity index (χ1n) is 7.25. The Labute approximate surface area is 111 Å². The standard InChI is InChI=1S/C14H28N2S/c1-11-12(2)16(8-7-14(11)15-3)10-13-6-4-5-9-17-13/h11-15H,4-10H2,1-3H3. The molecule has 4 unspecified atom stereocenters. The van der Waals surface area contributed by atoms with Crippen molar-refractivity contribution in [2.45, 2.75) is 56.9 Å². The first-order valence-corrected chi connectivity index (χ1v) is 8.30. The summed E-state index contributed by atoms with van der Waals surface area (Å²) in [6.45, 7) is 7.44. The lowest BCUT2D eigenvalue weighted by Gasteiger charge is -2.44. The second-order valence-corrected chi connectivity index (χ2v) is 7.18. The van der Waals surface area contributed by atoms with Crippen LogP contribution < -0.4 is 5.32 Å². The van der Waals surface area contributed by atoms with E-state index in [4.69, 9.17) is 0 Å². The normalized spacial score (nSPS) is 40.4. The molecule has 2 rings (SSSR count). The minimum Gasteiger partial charge on any atom is -0.317 e. The lowest BCUT2D eigenvalue weighted by atomic mass is 9.87. The minimum atomic E-state index is 0.722. The second kappa shape index (κ2) is 6.44. The van der Waals surface area contributed by atoms with Crippen molar-refractivity contribution in [3.8, 4) is 0 Å². The van der Waals surface area contributed by atoms with E-state index in [0.717, 1.165) is 23.3 Å². The largest absolute Gasteiger partial charge is 0.317 e. The number of rotatable bonds is 3. The molecular weight excluding hydrogens is 228 g/mol. The number of likely N-dealkylation sites (tertiary alicyclic amines) is 1. The van der Waals surface area contributed by atoms with Gasteiger partial charge in [0.15, 0.2) is 0 Å². The van der Waals surface area contributed by atoms with Crippen molar-refractivity contribution in [1.29, 1.82) is 0 Å². The molecule has 3 heteroatoms. The van der Waals surface area contributed by atoms with Crippen LogP contribution in [0.1, 0.15) is 39.5 Å². The van der Waals surface area contributed by atoms with Crippen LogP contribution in [-0.4, -0.2) is 48.1 Å². The van der Waals surface area contributed by atoms with Crippen molar-refractivity contribution in [2.24, 2.45) is 5.92 Å². The topological polar surface area (TPSA) is 15.3 Å². The van der Waals surface area contributed by atoms with Crippen molar-refractivity contribution < 1.29 is 0 Å². The number of hydrogen-bond donors (Lipinski definition) is 1. The zero-order chi connectivity index (χ0) is 12.3. The molecule has 2 nitrogen and oxygen atoms in total. The van der Waals surface area contributed by atoms with Crippen molar-refractivity contribution in [2.75, 3.05) is 25.9 Å². The van der Waals surface area contributed by atoms with Crippen LogP contribution in [0.25, 0.3) is 0 Å². The summed E-state index contributed by atoms with van der Waals surface area (Å²) < 4.78 is 0. The molecule has 0 amide bonds. The Morgan fingerprint density at radius 2 is 2.06 bits per heavy atom. The van der Waals surface area contributed by atoms with E-state index in [1.165, 1.54) is 44.5 Å². The van der Waals surface area contributed by atoms with Gasteiger partial charge in [-0.15, -0.1) is 0 Å². The van der Waals surface area contributed by atoms with E-state index >= 15 is 0 Å². The smallest absolute Gasteiger partial charge is 0.0175 e. The molecule has 2 saturated heterocycles. The van der Waals surface area contributed by atoms with Crippen LogP contribution in [0.3, 0.4) is 0 Å². The molecule has 0 spiro atoms.